The van der Waals surface area contributed by atoms with E-state index in [0.29, 0.717) is 11.5 Å². The van der Waals surface area contributed by atoms with Crippen LogP contribution in [0.5, 0.6) is 0 Å². The fraction of sp³-hybridized carbons (Fsp3) is 0.471. The van der Waals surface area contributed by atoms with Gasteiger partial charge in [-0.25, -0.2) is 4.98 Å². The number of carbonyl (C=O) groups excluding carboxylic acids is 1. The van der Waals surface area contributed by atoms with Gasteiger partial charge in [-0.15, -0.1) is 0 Å². The molecule has 1 saturated carbocycles. The molecule has 1 aliphatic carbocycles. The van der Waals surface area contributed by atoms with Crippen molar-refractivity contribution < 1.29 is 9.72 Å². The van der Waals surface area contributed by atoms with E-state index in [1.165, 1.54) is 11.4 Å². The van der Waals surface area contributed by atoms with E-state index in [2.05, 4.69) is 20.6 Å². The fourth-order valence-corrected chi connectivity index (χ4v) is 3.74. The molecular formula is C17H22N6O3S. The second-order valence-corrected chi connectivity index (χ2v) is 7.62. The van der Waals surface area contributed by atoms with Gasteiger partial charge in [-0.3, -0.25) is 14.9 Å². The van der Waals surface area contributed by atoms with Gasteiger partial charge in [0.25, 0.3) is 5.91 Å². The van der Waals surface area contributed by atoms with E-state index in [-0.39, 0.29) is 23.0 Å². The summed E-state index contributed by atoms with van der Waals surface area (Å²) in [7, 11) is 3.87. The third-order valence-electron chi connectivity index (χ3n) is 4.52. The van der Waals surface area contributed by atoms with E-state index < -0.39 is 4.92 Å². The zero-order chi connectivity index (χ0) is 19.4. The predicted molar refractivity (Wildman–Crippen MR) is 104 cm³/mol. The number of hydrogen-bond acceptors (Lipinski definition) is 8. The highest BCUT2D eigenvalue weighted by molar-refractivity contribution is 7.13. The molecule has 0 radical (unpaired) electrons. The number of nitrogens with one attached hydrogen (secondary N) is 2. The van der Waals surface area contributed by atoms with Gasteiger partial charge in [0.2, 0.25) is 5.95 Å². The van der Waals surface area contributed by atoms with Crippen LogP contribution >= 0.6 is 11.3 Å². The predicted octanol–water partition coefficient (Wildman–Crippen LogP) is 2.67. The van der Waals surface area contributed by atoms with Crippen molar-refractivity contribution in [3.05, 3.63) is 39.4 Å². The number of amides is 1. The van der Waals surface area contributed by atoms with Crippen molar-refractivity contribution >= 4 is 34.0 Å². The zero-order valence-corrected chi connectivity index (χ0v) is 16.0. The fourth-order valence-electron chi connectivity index (χ4n) is 3.04. The lowest BCUT2D eigenvalue weighted by Gasteiger charge is -2.29. The maximum atomic E-state index is 12.3. The average molecular weight is 390 g/mol. The number of carbonyl (C=O) groups is 1. The largest absolute Gasteiger partial charge is 0.363 e. The molecular weight excluding hydrogens is 368 g/mol. The highest BCUT2D eigenvalue weighted by atomic mass is 32.1. The molecule has 3 rings (SSSR count). The molecule has 0 atom stereocenters. The SMILES string of the molecule is CN(C)c1ccnc(NC2CCC(NC(=O)c3csc([N+](=O)[O-])c3)CC2)n1. The van der Waals surface area contributed by atoms with E-state index in [4.69, 9.17) is 0 Å². The Labute approximate surface area is 161 Å². The molecule has 10 heteroatoms. The molecule has 2 aromatic rings. The number of anilines is 2. The topological polar surface area (TPSA) is 113 Å². The zero-order valence-electron chi connectivity index (χ0n) is 15.2. The Morgan fingerprint density at radius 1 is 1.30 bits per heavy atom. The van der Waals surface area contributed by atoms with Crippen LogP contribution in [0.1, 0.15) is 36.0 Å². The van der Waals surface area contributed by atoms with Crippen LogP contribution in [0.3, 0.4) is 0 Å². The minimum absolute atomic E-state index is 0.0204. The summed E-state index contributed by atoms with van der Waals surface area (Å²) in [5.74, 6) is 1.20. The molecule has 0 saturated heterocycles. The Bertz CT molecular complexity index is 817. The Kier molecular flexibility index (Phi) is 5.84. The quantitative estimate of drug-likeness (QED) is 0.576. The van der Waals surface area contributed by atoms with Crippen molar-refractivity contribution in [2.24, 2.45) is 0 Å². The summed E-state index contributed by atoms with van der Waals surface area (Å²) in [5.41, 5.74) is 0.348. The van der Waals surface area contributed by atoms with Crippen LogP contribution in [-0.4, -0.2) is 47.0 Å². The lowest BCUT2D eigenvalue weighted by Crippen LogP contribution is -2.40. The Hall–Kier alpha value is -2.75. The average Bonchev–Trinajstić information content (AvgIpc) is 3.14. The van der Waals surface area contributed by atoms with Gasteiger partial charge >= 0.3 is 5.00 Å². The smallest absolute Gasteiger partial charge is 0.324 e. The van der Waals surface area contributed by atoms with E-state index >= 15 is 0 Å². The molecule has 0 aromatic carbocycles. The van der Waals surface area contributed by atoms with Crippen LogP contribution in [-0.2, 0) is 0 Å². The van der Waals surface area contributed by atoms with E-state index in [1.54, 1.807) is 6.20 Å². The first-order chi connectivity index (χ1) is 12.9. The van der Waals surface area contributed by atoms with E-state index in [1.807, 2.05) is 25.1 Å². The van der Waals surface area contributed by atoms with Gasteiger partial charge in [0, 0.05) is 43.8 Å². The lowest BCUT2D eigenvalue weighted by molar-refractivity contribution is -0.380. The number of thiophene rings is 1. The van der Waals surface area contributed by atoms with Crippen molar-refractivity contribution in [1.29, 1.82) is 0 Å². The molecule has 144 valence electrons. The third-order valence-corrected chi connectivity index (χ3v) is 5.40. The minimum atomic E-state index is -0.480. The summed E-state index contributed by atoms with van der Waals surface area (Å²) < 4.78 is 0. The van der Waals surface area contributed by atoms with Gasteiger partial charge in [0.1, 0.15) is 5.82 Å². The normalized spacial score (nSPS) is 19.3. The second-order valence-electron chi connectivity index (χ2n) is 6.73. The van der Waals surface area contributed by atoms with Crippen LogP contribution in [0.25, 0.3) is 0 Å². The van der Waals surface area contributed by atoms with Gasteiger partial charge in [-0.1, -0.05) is 11.3 Å². The van der Waals surface area contributed by atoms with Gasteiger partial charge in [-0.05, 0) is 31.7 Å². The molecule has 27 heavy (non-hydrogen) atoms. The van der Waals surface area contributed by atoms with E-state index in [9.17, 15) is 14.9 Å². The summed E-state index contributed by atoms with van der Waals surface area (Å²) >= 11 is 0.965. The maximum Gasteiger partial charge on any atom is 0.324 e. The molecule has 0 spiro atoms. The molecule has 1 aliphatic rings. The summed E-state index contributed by atoms with van der Waals surface area (Å²) in [5, 5.41) is 18.6. The summed E-state index contributed by atoms with van der Waals surface area (Å²) in [6.45, 7) is 0. The monoisotopic (exact) mass is 390 g/mol. The van der Waals surface area contributed by atoms with Gasteiger partial charge in [0.15, 0.2) is 0 Å². The third kappa shape index (κ3) is 4.91. The number of aromatic nitrogens is 2. The summed E-state index contributed by atoms with van der Waals surface area (Å²) in [4.78, 5) is 33.2. The number of hydrogen-bond donors (Lipinski definition) is 2. The van der Waals surface area contributed by atoms with Gasteiger partial charge in [0.05, 0.1) is 10.5 Å². The summed E-state index contributed by atoms with van der Waals surface area (Å²) in [6, 6.07) is 3.51. The van der Waals surface area contributed by atoms with Crippen molar-refractivity contribution in [3.63, 3.8) is 0 Å². The van der Waals surface area contributed by atoms with Crippen molar-refractivity contribution in [2.75, 3.05) is 24.3 Å². The molecule has 0 aliphatic heterocycles. The minimum Gasteiger partial charge on any atom is -0.363 e. The van der Waals surface area contributed by atoms with Crippen LogP contribution in [0.15, 0.2) is 23.7 Å². The molecule has 1 fully saturated rings. The van der Waals surface area contributed by atoms with Crippen LogP contribution in [0.4, 0.5) is 16.8 Å². The molecule has 1 amide bonds. The molecule has 0 unspecified atom stereocenters. The first kappa shape index (κ1) is 19.0. The van der Waals surface area contributed by atoms with E-state index in [0.717, 1.165) is 42.8 Å². The maximum absolute atomic E-state index is 12.3. The first-order valence-electron chi connectivity index (χ1n) is 8.73. The molecule has 2 aromatic heterocycles. The highest BCUT2D eigenvalue weighted by Crippen LogP contribution is 2.24. The van der Waals surface area contributed by atoms with Crippen molar-refractivity contribution in [3.8, 4) is 0 Å². The molecule has 2 N–H and O–H groups in total. The van der Waals surface area contributed by atoms with Crippen molar-refractivity contribution in [2.45, 2.75) is 37.8 Å². The Morgan fingerprint density at radius 2 is 2.00 bits per heavy atom. The van der Waals surface area contributed by atoms with Crippen molar-refractivity contribution in [1.82, 2.24) is 15.3 Å². The molecule has 0 bridgehead atoms. The second kappa shape index (κ2) is 8.30. The van der Waals surface area contributed by atoms with Crippen LogP contribution in [0, 0.1) is 10.1 Å². The number of rotatable bonds is 6. The number of nitro groups is 1. The Balaban J connectivity index is 1.49. The lowest BCUT2D eigenvalue weighted by atomic mass is 9.91. The number of nitrogens with zero attached hydrogens (tertiary/aromatic N) is 4. The highest BCUT2D eigenvalue weighted by Gasteiger charge is 2.24. The van der Waals surface area contributed by atoms with Crippen LogP contribution < -0.4 is 15.5 Å². The van der Waals surface area contributed by atoms with Gasteiger partial charge < -0.3 is 15.5 Å². The molecule has 9 nitrogen and oxygen atoms in total. The standard InChI is InChI=1S/C17H22N6O3S/c1-22(2)14-7-8-18-17(21-14)20-13-5-3-12(4-6-13)19-16(24)11-9-15(23(25)26)27-10-11/h7-10,12-13H,3-6H2,1-2H3,(H,19,24)(H,18,20,21). The molecule has 2 heterocycles. The summed E-state index contributed by atoms with van der Waals surface area (Å²) in [6.07, 6.45) is 5.19. The Morgan fingerprint density at radius 3 is 2.63 bits per heavy atom. The van der Waals surface area contributed by atoms with Crippen LogP contribution in [0.2, 0.25) is 0 Å². The van der Waals surface area contributed by atoms with Gasteiger partial charge in [-0.2, -0.15) is 4.98 Å². The first-order valence-corrected chi connectivity index (χ1v) is 9.61.